The van der Waals surface area contributed by atoms with Gasteiger partial charge in [-0.25, -0.2) is 0 Å². The molecule has 0 aromatic heterocycles. The minimum absolute atomic E-state index is 0.0701. The van der Waals surface area contributed by atoms with Crippen LogP contribution >= 0.6 is 0 Å². The largest absolute Gasteiger partial charge is 0.469 e. The molecule has 1 saturated heterocycles. The molecule has 0 saturated carbocycles. The van der Waals surface area contributed by atoms with Crippen LogP contribution in [0.25, 0.3) is 0 Å². The van der Waals surface area contributed by atoms with Crippen LogP contribution in [-0.2, 0) is 19.0 Å². The summed E-state index contributed by atoms with van der Waals surface area (Å²) >= 11 is 0. The number of carbonyl (C=O) groups is 1. The molecule has 0 amide bonds. The van der Waals surface area contributed by atoms with Crippen molar-refractivity contribution in [3.05, 3.63) is 24.3 Å². The van der Waals surface area contributed by atoms with Gasteiger partial charge in [-0.3, -0.25) is 4.79 Å². The molecule has 1 fully saturated rings. The van der Waals surface area contributed by atoms with Crippen molar-refractivity contribution >= 4 is 5.97 Å². The third-order valence-corrected chi connectivity index (χ3v) is 2.98. The zero-order chi connectivity index (χ0) is 13.4. The first-order chi connectivity index (χ1) is 8.67. The fourth-order valence-corrected chi connectivity index (χ4v) is 1.96. The highest BCUT2D eigenvalue weighted by atomic mass is 16.5. The third kappa shape index (κ3) is 5.02. The van der Waals surface area contributed by atoms with Gasteiger partial charge in [-0.1, -0.05) is 18.7 Å². The van der Waals surface area contributed by atoms with Gasteiger partial charge in [0.2, 0.25) is 0 Å². The molecule has 0 aromatic carbocycles. The molecule has 0 aromatic rings. The zero-order valence-corrected chi connectivity index (χ0v) is 11.2. The second kappa shape index (κ2) is 8.06. The van der Waals surface area contributed by atoms with Crippen molar-refractivity contribution in [1.29, 1.82) is 0 Å². The molecule has 2 atom stereocenters. The van der Waals surface area contributed by atoms with Gasteiger partial charge in [-0.2, -0.15) is 0 Å². The number of hydrogen-bond donors (Lipinski definition) is 0. The van der Waals surface area contributed by atoms with Crippen LogP contribution in [-0.4, -0.2) is 39.0 Å². The number of ether oxygens (including phenoxy) is 3. The van der Waals surface area contributed by atoms with Crippen LogP contribution in [0.4, 0.5) is 0 Å². The minimum Gasteiger partial charge on any atom is -0.469 e. The summed E-state index contributed by atoms with van der Waals surface area (Å²) in [6.07, 6.45) is 6.93. The molecule has 0 aliphatic carbocycles. The van der Waals surface area contributed by atoms with E-state index in [4.69, 9.17) is 9.47 Å². The van der Waals surface area contributed by atoms with Crippen molar-refractivity contribution in [2.24, 2.45) is 0 Å². The molecule has 0 unspecified atom stereocenters. The Morgan fingerprint density at radius 2 is 2.28 bits per heavy atom. The average molecular weight is 254 g/mol. The second-order valence-corrected chi connectivity index (χ2v) is 4.39. The Hall–Kier alpha value is -1.13. The molecule has 1 aliphatic rings. The van der Waals surface area contributed by atoms with Crippen LogP contribution < -0.4 is 0 Å². The lowest BCUT2D eigenvalue weighted by atomic mass is 10.0. The van der Waals surface area contributed by atoms with Gasteiger partial charge in [0.05, 0.1) is 25.9 Å². The van der Waals surface area contributed by atoms with Crippen molar-refractivity contribution < 1.29 is 19.0 Å². The summed E-state index contributed by atoms with van der Waals surface area (Å²) in [5.74, 6) is -0.187. The summed E-state index contributed by atoms with van der Waals surface area (Å²) in [5.41, 5.74) is 1.10. The second-order valence-electron chi connectivity index (χ2n) is 4.39. The van der Waals surface area contributed by atoms with E-state index in [-0.39, 0.29) is 18.2 Å². The topological polar surface area (TPSA) is 44.8 Å². The zero-order valence-electron chi connectivity index (χ0n) is 11.2. The van der Waals surface area contributed by atoms with Gasteiger partial charge in [0.25, 0.3) is 0 Å². The van der Waals surface area contributed by atoms with E-state index in [9.17, 15) is 4.79 Å². The molecule has 0 spiro atoms. The predicted molar refractivity (Wildman–Crippen MR) is 69.3 cm³/mol. The van der Waals surface area contributed by atoms with E-state index in [0.29, 0.717) is 19.4 Å². The molecule has 1 rings (SSSR count). The predicted octanol–water partition coefficient (Wildman–Crippen LogP) is 2.25. The molecule has 0 N–H and O–H groups in total. The van der Waals surface area contributed by atoms with Crippen LogP contribution in [0, 0.1) is 0 Å². The number of esters is 1. The summed E-state index contributed by atoms with van der Waals surface area (Å²) < 4.78 is 15.4. The van der Waals surface area contributed by atoms with Crippen LogP contribution in [0.3, 0.4) is 0 Å². The first-order valence-electron chi connectivity index (χ1n) is 6.21. The molecule has 0 bridgehead atoms. The highest BCUT2D eigenvalue weighted by Crippen LogP contribution is 2.29. The molecular formula is C14H22O4. The summed E-state index contributed by atoms with van der Waals surface area (Å²) in [5, 5.41) is 0. The van der Waals surface area contributed by atoms with Crippen molar-refractivity contribution in [3.63, 3.8) is 0 Å². The Morgan fingerprint density at radius 1 is 1.50 bits per heavy atom. The highest BCUT2D eigenvalue weighted by Gasteiger charge is 2.27. The van der Waals surface area contributed by atoms with Crippen LogP contribution in [0.15, 0.2) is 24.3 Å². The Labute approximate surface area is 109 Å². The maximum Gasteiger partial charge on any atom is 0.305 e. The van der Waals surface area contributed by atoms with Gasteiger partial charge >= 0.3 is 5.97 Å². The molecule has 102 valence electrons. The lowest BCUT2D eigenvalue weighted by Gasteiger charge is -2.11. The van der Waals surface area contributed by atoms with Crippen LogP contribution in [0.2, 0.25) is 0 Å². The Kier molecular flexibility index (Phi) is 6.68. The van der Waals surface area contributed by atoms with E-state index in [0.717, 1.165) is 18.4 Å². The summed E-state index contributed by atoms with van der Waals surface area (Å²) in [6, 6.07) is 0. The summed E-state index contributed by atoms with van der Waals surface area (Å²) in [7, 11) is 3.07. The van der Waals surface area contributed by atoms with Crippen molar-refractivity contribution in [2.75, 3.05) is 20.8 Å². The summed E-state index contributed by atoms with van der Waals surface area (Å²) in [4.78, 5) is 11.1. The molecule has 1 aliphatic heterocycles. The van der Waals surface area contributed by atoms with Gasteiger partial charge in [-0.05, 0) is 24.8 Å². The maximum absolute atomic E-state index is 11.1. The average Bonchev–Trinajstić information content (AvgIpc) is 2.72. The third-order valence-electron chi connectivity index (χ3n) is 2.98. The molecule has 1 heterocycles. The van der Waals surface area contributed by atoms with Crippen molar-refractivity contribution in [1.82, 2.24) is 0 Å². The van der Waals surface area contributed by atoms with Gasteiger partial charge in [0, 0.05) is 13.5 Å². The Balaban J connectivity index is 2.28. The Morgan fingerprint density at radius 3 is 2.94 bits per heavy atom. The van der Waals surface area contributed by atoms with Gasteiger partial charge in [-0.15, -0.1) is 0 Å². The first kappa shape index (κ1) is 14.9. The fourth-order valence-electron chi connectivity index (χ4n) is 1.96. The molecule has 18 heavy (non-hydrogen) atoms. The maximum atomic E-state index is 11.1. The van der Waals surface area contributed by atoms with Gasteiger partial charge in [0.15, 0.2) is 0 Å². The summed E-state index contributed by atoms with van der Waals surface area (Å²) in [6.45, 7) is 4.64. The van der Waals surface area contributed by atoms with Crippen molar-refractivity contribution in [3.8, 4) is 0 Å². The number of methoxy groups -OCH3 is 2. The smallest absolute Gasteiger partial charge is 0.305 e. The monoisotopic (exact) mass is 254 g/mol. The number of hydrogen-bond acceptors (Lipinski definition) is 4. The van der Waals surface area contributed by atoms with Crippen molar-refractivity contribution in [2.45, 2.75) is 37.9 Å². The van der Waals surface area contributed by atoms with Crippen LogP contribution in [0.1, 0.15) is 25.7 Å². The van der Waals surface area contributed by atoms with E-state index < -0.39 is 0 Å². The van der Waals surface area contributed by atoms with E-state index in [1.54, 1.807) is 7.11 Å². The Bertz CT molecular complexity index is 309. The highest BCUT2D eigenvalue weighted by molar-refractivity contribution is 5.69. The molecule has 4 nitrogen and oxygen atoms in total. The quantitative estimate of drug-likeness (QED) is 0.516. The van der Waals surface area contributed by atoms with E-state index in [1.807, 2.05) is 12.2 Å². The minimum atomic E-state index is -0.187. The molecular weight excluding hydrogens is 232 g/mol. The number of rotatable bonds is 7. The van der Waals surface area contributed by atoms with E-state index in [1.165, 1.54) is 7.11 Å². The first-order valence-corrected chi connectivity index (χ1v) is 6.21. The normalized spacial score (nSPS) is 23.8. The lowest BCUT2D eigenvalue weighted by molar-refractivity contribution is -0.141. The lowest BCUT2D eigenvalue weighted by Crippen LogP contribution is -2.13. The van der Waals surface area contributed by atoms with Gasteiger partial charge in [0.1, 0.15) is 0 Å². The van der Waals surface area contributed by atoms with E-state index >= 15 is 0 Å². The standard InChI is InChI=1S/C14H22O4/c1-11-10-12(7-8-14(15)17-3)18-13(11)6-4-5-9-16-2/h4-5,12-13H,1,6-10H2,2-3H3/b5-4+/t12-,13-/m0/s1. The van der Waals surface area contributed by atoms with E-state index in [2.05, 4.69) is 11.3 Å². The SMILES string of the molecule is C=C1C[C@H](CCC(=O)OC)O[C@H]1C/C=C/COC. The molecule has 4 heteroatoms. The number of carbonyl (C=O) groups excluding carboxylic acids is 1. The fraction of sp³-hybridized carbons (Fsp3) is 0.643. The van der Waals surface area contributed by atoms with Crippen LogP contribution in [0.5, 0.6) is 0 Å². The molecule has 0 radical (unpaired) electrons. The van der Waals surface area contributed by atoms with Gasteiger partial charge < -0.3 is 14.2 Å².